The van der Waals surface area contributed by atoms with Crippen LogP contribution in [0.15, 0.2) is 72.9 Å². The maximum absolute atomic E-state index is 12.5. The molecule has 2 heterocycles. The molecule has 0 saturated carbocycles. The number of rotatable bonds is 8. The minimum absolute atomic E-state index is 0.0250. The molecular formula is C25H27N5O4. The maximum Gasteiger partial charge on any atom is 0.319 e. The molecule has 1 aliphatic rings. The van der Waals surface area contributed by atoms with Crippen molar-refractivity contribution in [1.29, 1.82) is 0 Å². The van der Waals surface area contributed by atoms with E-state index in [0.717, 1.165) is 18.8 Å². The number of aromatic nitrogens is 1. The highest BCUT2D eigenvalue weighted by atomic mass is 16.5. The molecule has 0 bridgehead atoms. The van der Waals surface area contributed by atoms with Gasteiger partial charge in [-0.25, -0.2) is 9.78 Å². The average molecular weight is 462 g/mol. The number of para-hydroxylation sites is 2. The number of carbonyl (C=O) groups is 2. The molecule has 3 amide bonds. The fraction of sp³-hybridized carbons (Fsp3) is 0.240. The summed E-state index contributed by atoms with van der Waals surface area (Å²) in [6.45, 7) is 1.36. The highest BCUT2D eigenvalue weighted by Crippen LogP contribution is 2.25. The van der Waals surface area contributed by atoms with Crippen LogP contribution in [0.1, 0.15) is 6.42 Å². The Morgan fingerprint density at radius 1 is 1.00 bits per heavy atom. The molecule has 34 heavy (non-hydrogen) atoms. The molecule has 9 heteroatoms. The summed E-state index contributed by atoms with van der Waals surface area (Å²) >= 11 is 0. The van der Waals surface area contributed by atoms with Crippen molar-refractivity contribution in [2.45, 2.75) is 12.5 Å². The van der Waals surface area contributed by atoms with Crippen molar-refractivity contribution in [3.05, 3.63) is 72.9 Å². The first-order valence-electron chi connectivity index (χ1n) is 11.0. The number of carbonyl (C=O) groups excluding carboxylic acids is 2. The van der Waals surface area contributed by atoms with E-state index < -0.39 is 0 Å². The number of nitrogens with zero attached hydrogens (tertiary/aromatic N) is 2. The Morgan fingerprint density at radius 2 is 1.76 bits per heavy atom. The smallest absolute Gasteiger partial charge is 0.319 e. The van der Waals surface area contributed by atoms with Crippen LogP contribution in [0.3, 0.4) is 0 Å². The van der Waals surface area contributed by atoms with Gasteiger partial charge in [-0.1, -0.05) is 24.3 Å². The standard InChI is InChI=1S/C25H27N5O4/c1-33-21-9-2-3-10-22(21)34-17-24(31)27-18-7-6-8-19(15-18)28-25(32)29-20-12-14-30(16-20)23-11-4-5-13-26-23/h2-11,13,15,20H,12,14,16-17H2,1H3,(H,27,31)(H2,28,29,32). The molecular weight excluding hydrogens is 434 g/mol. The summed E-state index contributed by atoms with van der Waals surface area (Å²) in [4.78, 5) is 31.3. The Labute approximate surface area is 198 Å². The molecule has 1 aliphatic heterocycles. The third-order valence-electron chi connectivity index (χ3n) is 5.33. The van der Waals surface area contributed by atoms with Crippen LogP contribution in [-0.4, -0.2) is 49.8 Å². The van der Waals surface area contributed by atoms with Gasteiger partial charge < -0.3 is 30.3 Å². The number of hydrogen-bond acceptors (Lipinski definition) is 6. The lowest BCUT2D eigenvalue weighted by molar-refractivity contribution is -0.118. The summed E-state index contributed by atoms with van der Waals surface area (Å²) < 4.78 is 10.8. The molecule has 0 spiro atoms. The summed E-state index contributed by atoms with van der Waals surface area (Å²) in [5.74, 6) is 1.62. The van der Waals surface area contributed by atoms with E-state index in [-0.39, 0.29) is 24.6 Å². The fourth-order valence-corrected chi connectivity index (χ4v) is 3.73. The number of anilines is 3. The Balaban J connectivity index is 1.25. The molecule has 1 fully saturated rings. The van der Waals surface area contributed by atoms with Gasteiger partial charge >= 0.3 is 6.03 Å². The monoisotopic (exact) mass is 461 g/mol. The minimum atomic E-state index is -0.326. The third kappa shape index (κ3) is 6.16. The topological polar surface area (TPSA) is 105 Å². The van der Waals surface area contributed by atoms with Crippen LogP contribution in [0.2, 0.25) is 0 Å². The zero-order valence-corrected chi connectivity index (χ0v) is 18.9. The van der Waals surface area contributed by atoms with Gasteiger partial charge in [0.05, 0.1) is 7.11 Å². The number of methoxy groups -OCH3 is 1. The second kappa shape index (κ2) is 11.0. The van der Waals surface area contributed by atoms with Crippen molar-refractivity contribution in [3.8, 4) is 11.5 Å². The zero-order valence-electron chi connectivity index (χ0n) is 18.9. The molecule has 2 aromatic carbocycles. The van der Waals surface area contributed by atoms with Crippen molar-refractivity contribution in [1.82, 2.24) is 10.3 Å². The largest absolute Gasteiger partial charge is 0.493 e. The van der Waals surface area contributed by atoms with Crippen molar-refractivity contribution in [2.75, 3.05) is 42.3 Å². The van der Waals surface area contributed by atoms with Gasteiger partial charge in [-0.15, -0.1) is 0 Å². The highest BCUT2D eigenvalue weighted by Gasteiger charge is 2.24. The average Bonchev–Trinajstić information content (AvgIpc) is 3.32. The second-order valence-corrected chi connectivity index (χ2v) is 7.79. The molecule has 3 aromatic rings. The molecule has 0 aliphatic carbocycles. The Hall–Kier alpha value is -4.27. The van der Waals surface area contributed by atoms with E-state index in [1.54, 1.807) is 55.8 Å². The van der Waals surface area contributed by atoms with Gasteiger partial charge in [0, 0.05) is 36.7 Å². The van der Waals surface area contributed by atoms with E-state index in [0.29, 0.717) is 29.4 Å². The molecule has 1 aromatic heterocycles. The van der Waals surface area contributed by atoms with E-state index in [2.05, 4.69) is 25.8 Å². The Morgan fingerprint density at radius 3 is 2.53 bits per heavy atom. The lowest BCUT2D eigenvalue weighted by Crippen LogP contribution is -2.39. The number of ether oxygens (including phenoxy) is 2. The van der Waals surface area contributed by atoms with E-state index in [9.17, 15) is 9.59 Å². The molecule has 1 saturated heterocycles. The number of urea groups is 1. The Kier molecular flexibility index (Phi) is 7.44. The lowest BCUT2D eigenvalue weighted by atomic mass is 10.2. The molecule has 176 valence electrons. The maximum atomic E-state index is 12.5. The quantitative estimate of drug-likeness (QED) is 0.474. The van der Waals surface area contributed by atoms with Gasteiger partial charge in [0.25, 0.3) is 5.91 Å². The van der Waals surface area contributed by atoms with Crippen molar-refractivity contribution < 1.29 is 19.1 Å². The minimum Gasteiger partial charge on any atom is -0.493 e. The third-order valence-corrected chi connectivity index (χ3v) is 5.33. The summed E-state index contributed by atoms with van der Waals surface area (Å²) in [6.07, 6.45) is 2.60. The summed E-state index contributed by atoms with van der Waals surface area (Å²) in [5, 5.41) is 8.59. The van der Waals surface area contributed by atoms with Crippen LogP contribution in [0.5, 0.6) is 11.5 Å². The van der Waals surface area contributed by atoms with Gasteiger partial charge in [-0.3, -0.25) is 4.79 Å². The lowest BCUT2D eigenvalue weighted by Gasteiger charge is -2.18. The van der Waals surface area contributed by atoms with Crippen LogP contribution in [0.25, 0.3) is 0 Å². The van der Waals surface area contributed by atoms with Gasteiger partial charge in [0.15, 0.2) is 18.1 Å². The predicted molar refractivity (Wildman–Crippen MR) is 131 cm³/mol. The van der Waals surface area contributed by atoms with Gasteiger partial charge in [0.1, 0.15) is 5.82 Å². The number of benzene rings is 2. The number of nitrogens with one attached hydrogen (secondary N) is 3. The summed E-state index contributed by atoms with van der Waals surface area (Å²) in [7, 11) is 1.54. The first kappa shape index (κ1) is 22.9. The van der Waals surface area contributed by atoms with E-state index in [1.807, 2.05) is 24.3 Å². The van der Waals surface area contributed by atoms with Crippen LogP contribution in [0, 0.1) is 0 Å². The summed E-state index contributed by atoms with van der Waals surface area (Å²) in [5.41, 5.74) is 1.12. The normalized spacial score (nSPS) is 14.9. The van der Waals surface area contributed by atoms with Crippen molar-refractivity contribution in [3.63, 3.8) is 0 Å². The highest BCUT2D eigenvalue weighted by molar-refractivity contribution is 5.94. The number of pyridine rings is 1. The van der Waals surface area contributed by atoms with E-state index >= 15 is 0 Å². The second-order valence-electron chi connectivity index (χ2n) is 7.79. The van der Waals surface area contributed by atoms with Gasteiger partial charge in [-0.05, 0) is 48.9 Å². The van der Waals surface area contributed by atoms with Gasteiger partial charge in [0.2, 0.25) is 0 Å². The van der Waals surface area contributed by atoms with Crippen molar-refractivity contribution in [2.24, 2.45) is 0 Å². The SMILES string of the molecule is COc1ccccc1OCC(=O)Nc1cccc(NC(=O)NC2CCN(c3ccccn3)C2)c1. The van der Waals surface area contributed by atoms with Crippen molar-refractivity contribution >= 4 is 29.1 Å². The molecule has 1 unspecified atom stereocenters. The molecule has 1 atom stereocenters. The van der Waals surface area contributed by atoms with Crippen LogP contribution in [0.4, 0.5) is 22.0 Å². The molecule has 9 nitrogen and oxygen atoms in total. The molecule has 4 rings (SSSR count). The Bertz CT molecular complexity index is 1130. The fourth-order valence-electron chi connectivity index (χ4n) is 3.73. The zero-order chi connectivity index (χ0) is 23.8. The summed E-state index contributed by atoms with van der Waals surface area (Å²) in [6, 6.07) is 19.6. The van der Waals surface area contributed by atoms with Crippen LogP contribution >= 0.6 is 0 Å². The molecule has 3 N–H and O–H groups in total. The van der Waals surface area contributed by atoms with E-state index in [4.69, 9.17) is 9.47 Å². The first-order chi connectivity index (χ1) is 16.6. The molecule has 0 radical (unpaired) electrons. The van der Waals surface area contributed by atoms with E-state index in [1.165, 1.54) is 0 Å². The van der Waals surface area contributed by atoms with Gasteiger partial charge in [-0.2, -0.15) is 0 Å². The van der Waals surface area contributed by atoms with Crippen LogP contribution < -0.4 is 30.3 Å². The predicted octanol–water partition coefficient (Wildman–Crippen LogP) is 3.51. The van der Waals surface area contributed by atoms with Crippen LogP contribution in [-0.2, 0) is 4.79 Å². The number of hydrogen-bond donors (Lipinski definition) is 3. The first-order valence-corrected chi connectivity index (χ1v) is 11.0. The number of amides is 3.